The maximum absolute atomic E-state index is 11.3. The highest BCUT2D eigenvalue weighted by Gasteiger charge is 2.18. The normalized spacial score (nSPS) is 9.89. The largest absolute Gasteiger partial charge is 0.426 e. The first-order valence-corrected chi connectivity index (χ1v) is 5.80. The SMILES string of the molecule is CC(=O)Cc1c(OC(C)=O)ccc(C)c1OC(C)=O. The Morgan fingerprint density at radius 1 is 1.00 bits per heavy atom. The quantitative estimate of drug-likeness (QED) is 0.614. The van der Waals surface area contributed by atoms with Gasteiger partial charge in [0.1, 0.15) is 17.3 Å². The Balaban J connectivity index is 3.35. The molecule has 5 heteroatoms. The zero-order chi connectivity index (χ0) is 14.6. The Kier molecular flexibility index (Phi) is 4.80. The van der Waals surface area contributed by atoms with Gasteiger partial charge in [0.2, 0.25) is 0 Å². The summed E-state index contributed by atoms with van der Waals surface area (Å²) in [5.74, 6) is -0.589. The molecule has 102 valence electrons. The van der Waals surface area contributed by atoms with Gasteiger partial charge in [0, 0.05) is 25.8 Å². The molecule has 0 saturated heterocycles. The molecule has 1 rings (SSSR count). The molecular weight excluding hydrogens is 248 g/mol. The van der Waals surface area contributed by atoms with Crippen LogP contribution in [-0.4, -0.2) is 17.7 Å². The van der Waals surface area contributed by atoms with Gasteiger partial charge in [-0.1, -0.05) is 6.07 Å². The fraction of sp³-hybridized carbons (Fsp3) is 0.357. The standard InChI is InChI=1S/C14H16O5/c1-8-5-6-13(18-10(3)16)12(7-9(2)15)14(8)19-11(4)17/h5-6H,7H2,1-4H3. The van der Waals surface area contributed by atoms with Crippen molar-refractivity contribution in [1.29, 1.82) is 0 Å². The predicted molar refractivity (Wildman–Crippen MR) is 68.2 cm³/mol. The summed E-state index contributed by atoms with van der Waals surface area (Å²) < 4.78 is 10.2. The number of carbonyl (C=O) groups is 3. The van der Waals surface area contributed by atoms with Crippen molar-refractivity contribution in [3.63, 3.8) is 0 Å². The molecule has 0 radical (unpaired) electrons. The Morgan fingerprint density at radius 2 is 1.58 bits per heavy atom. The predicted octanol–water partition coefficient (Wildman–Crippen LogP) is 1.98. The van der Waals surface area contributed by atoms with Crippen LogP contribution in [0.3, 0.4) is 0 Å². The van der Waals surface area contributed by atoms with Gasteiger partial charge in [-0.3, -0.25) is 14.4 Å². The third kappa shape index (κ3) is 4.21. The minimum absolute atomic E-state index is 0.0346. The van der Waals surface area contributed by atoms with E-state index in [0.29, 0.717) is 11.1 Å². The Hall–Kier alpha value is -2.17. The average Bonchev–Trinajstić information content (AvgIpc) is 2.25. The number of ether oxygens (including phenoxy) is 2. The van der Waals surface area contributed by atoms with Crippen molar-refractivity contribution >= 4 is 17.7 Å². The lowest BCUT2D eigenvalue weighted by Crippen LogP contribution is -2.11. The van der Waals surface area contributed by atoms with E-state index in [1.165, 1.54) is 20.8 Å². The third-order valence-electron chi connectivity index (χ3n) is 2.34. The van der Waals surface area contributed by atoms with Crippen LogP contribution in [-0.2, 0) is 20.8 Å². The van der Waals surface area contributed by atoms with E-state index < -0.39 is 11.9 Å². The Morgan fingerprint density at radius 3 is 2.05 bits per heavy atom. The van der Waals surface area contributed by atoms with Crippen molar-refractivity contribution in [3.05, 3.63) is 23.3 Å². The van der Waals surface area contributed by atoms with E-state index in [4.69, 9.17) is 9.47 Å². The van der Waals surface area contributed by atoms with Gasteiger partial charge in [-0.15, -0.1) is 0 Å². The van der Waals surface area contributed by atoms with E-state index >= 15 is 0 Å². The van der Waals surface area contributed by atoms with Crippen LogP contribution >= 0.6 is 0 Å². The highest BCUT2D eigenvalue weighted by atomic mass is 16.5. The lowest BCUT2D eigenvalue weighted by Gasteiger charge is -2.15. The van der Waals surface area contributed by atoms with Crippen molar-refractivity contribution in [1.82, 2.24) is 0 Å². The lowest BCUT2D eigenvalue weighted by molar-refractivity contribution is -0.132. The van der Waals surface area contributed by atoms with Gasteiger partial charge in [-0.05, 0) is 25.5 Å². The first-order valence-electron chi connectivity index (χ1n) is 5.80. The molecule has 0 fully saturated rings. The van der Waals surface area contributed by atoms with Crippen LogP contribution < -0.4 is 9.47 Å². The molecule has 0 heterocycles. The number of benzene rings is 1. The monoisotopic (exact) mass is 264 g/mol. The summed E-state index contributed by atoms with van der Waals surface area (Å²) in [5.41, 5.74) is 1.11. The molecule has 0 aliphatic rings. The highest BCUT2D eigenvalue weighted by Crippen LogP contribution is 2.33. The summed E-state index contributed by atoms with van der Waals surface area (Å²) in [4.78, 5) is 33.5. The van der Waals surface area contributed by atoms with Crippen LogP contribution in [0.1, 0.15) is 31.9 Å². The maximum atomic E-state index is 11.3. The molecule has 0 spiro atoms. The number of ketones is 1. The van der Waals surface area contributed by atoms with Crippen LogP contribution in [0.25, 0.3) is 0 Å². The molecule has 0 aliphatic carbocycles. The summed E-state index contributed by atoms with van der Waals surface area (Å²) in [6.07, 6.45) is 0.0346. The first-order chi connectivity index (χ1) is 8.81. The average molecular weight is 264 g/mol. The molecule has 0 aliphatic heterocycles. The molecule has 0 bridgehead atoms. The molecule has 0 aromatic heterocycles. The second-order valence-corrected chi connectivity index (χ2v) is 4.25. The van der Waals surface area contributed by atoms with Gasteiger partial charge >= 0.3 is 11.9 Å². The zero-order valence-electron chi connectivity index (χ0n) is 11.4. The van der Waals surface area contributed by atoms with Crippen molar-refractivity contribution in [2.45, 2.75) is 34.1 Å². The van der Waals surface area contributed by atoms with Gasteiger partial charge in [-0.2, -0.15) is 0 Å². The number of carbonyl (C=O) groups excluding carboxylic acids is 3. The molecule has 1 aromatic carbocycles. The van der Waals surface area contributed by atoms with E-state index in [0.717, 1.165) is 0 Å². The van der Waals surface area contributed by atoms with Crippen LogP contribution in [0.5, 0.6) is 11.5 Å². The van der Waals surface area contributed by atoms with Gasteiger partial charge in [-0.25, -0.2) is 0 Å². The third-order valence-corrected chi connectivity index (χ3v) is 2.34. The molecule has 1 aromatic rings. The van der Waals surface area contributed by atoms with Crippen molar-refractivity contribution in [2.75, 3.05) is 0 Å². The van der Waals surface area contributed by atoms with Crippen molar-refractivity contribution in [3.8, 4) is 11.5 Å². The zero-order valence-corrected chi connectivity index (χ0v) is 11.4. The Bertz CT molecular complexity index is 531. The van der Waals surface area contributed by atoms with Crippen LogP contribution in [0.4, 0.5) is 0 Å². The molecule has 0 saturated carbocycles. The molecule has 0 unspecified atom stereocenters. The van der Waals surface area contributed by atoms with Crippen LogP contribution in [0.2, 0.25) is 0 Å². The molecule has 0 N–H and O–H groups in total. The number of hydrogen-bond donors (Lipinski definition) is 0. The number of aryl methyl sites for hydroxylation is 1. The number of esters is 2. The summed E-state index contributed by atoms with van der Waals surface area (Å²) in [6.45, 7) is 5.70. The molecular formula is C14H16O5. The minimum atomic E-state index is -0.498. The second kappa shape index (κ2) is 6.13. The van der Waals surface area contributed by atoms with Crippen molar-refractivity contribution in [2.24, 2.45) is 0 Å². The Labute approximate surface area is 111 Å². The number of rotatable bonds is 4. The fourth-order valence-corrected chi connectivity index (χ4v) is 1.68. The van der Waals surface area contributed by atoms with Gasteiger partial charge in [0.05, 0.1) is 0 Å². The smallest absolute Gasteiger partial charge is 0.308 e. The second-order valence-electron chi connectivity index (χ2n) is 4.25. The minimum Gasteiger partial charge on any atom is -0.426 e. The van der Waals surface area contributed by atoms with E-state index in [9.17, 15) is 14.4 Å². The van der Waals surface area contributed by atoms with Crippen molar-refractivity contribution < 1.29 is 23.9 Å². The van der Waals surface area contributed by atoms with E-state index in [1.54, 1.807) is 19.1 Å². The van der Waals surface area contributed by atoms with Gasteiger partial charge < -0.3 is 9.47 Å². The maximum Gasteiger partial charge on any atom is 0.308 e. The summed E-state index contributed by atoms with van der Waals surface area (Å²) in [6, 6.07) is 3.25. The molecule has 5 nitrogen and oxygen atoms in total. The fourth-order valence-electron chi connectivity index (χ4n) is 1.68. The molecule has 0 amide bonds. The van der Waals surface area contributed by atoms with Gasteiger partial charge in [0.25, 0.3) is 0 Å². The van der Waals surface area contributed by atoms with Gasteiger partial charge in [0.15, 0.2) is 0 Å². The first kappa shape index (κ1) is 14.9. The summed E-state index contributed by atoms with van der Waals surface area (Å²) >= 11 is 0. The van der Waals surface area contributed by atoms with Crippen LogP contribution in [0, 0.1) is 6.92 Å². The summed E-state index contributed by atoms with van der Waals surface area (Å²) in [7, 11) is 0. The topological polar surface area (TPSA) is 69.7 Å². The lowest BCUT2D eigenvalue weighted by atomic mass is 10.0. The van der Waals surface area contributed by atoms with E-state index in [-0.39, 0.29) is 23.7 Å². The molecule has 0 atom stereocenters. The van der Waals surface area contributed by atoms with E-state index in [1.807, 2.05) is 0 Å². The molecule has 19 heavy (non-hydrogen) atoms. The summed E-state index contributed by atoms with van der Waals surface area (Å²) in [5, 5.41) is 0. The van der Waals surface area contributed by atoms with E-state index in [2.05, 4.69) is 0 Å². The highest BCUT2D eigenvalue weighted by molar-refractivity contribution is 5.82. The number of hydrogen-bond acceptors (Lipinski definition) is 5. The van der Waals surface area contributed by atoms with Crippen LogP contribution in [0.15, 0.2) is 12.1 Å². The number of Topliss-reactive ketones (excluding diaryl/α,β-unsaturated/α-hetero) is 1.